The topological polar surface area (TPSA) is 75.3 Å². The molecule has 0 spiro atoms. The third kappa shape index (κ3) is 3.55. The number of rotatable bonds is 3. The largest absolute Gasteiger partial charge is 0.349 e. The van der Waals surface area contributed by atoms with Gasteiger partial charge in [-0.3, -0.25) is 15.4 Å². The molecule has 0 fully saturated rings. The Morgan fingerprint density at radius 1 is 1.53 bits per heavy atom. The van der Waals surface area contributed by atoms with E-state index in [4.69, 9.17) is 5.84 Å². The van der Waals surface area contributed by atoms with E-state index in [0.29, 0.717) is 12.5 Å². The van der Waals surface area contributed by atoms with Crippen LogP contribution < -0.4 is 16.6 Å². The van der Waals surface area contributed by atoms with Crippen LogP contribution >= 0.6 is 0 Å². The lowest BCUT2D eigenvalue weighted by molar-refractivity contribution is 0.688. The number of hydrogen-bond donors (Lipinski definition) is 3. The third-order valence-corrected chi connectivity index (χ3v) is 2.01. The van der Waals surface area contributed by atoms with E-state index in [1.54, 1.807) is 12.4 Å². The van der Waals surface area contributed by atoms with Crippen LogP contribution in [-0.4, -0.2) is 17.5 Å². The fourth-order valence-corrected chi connectivity index (χ4v) is 1.23. The van der Waals surface area contributed by atoms with Gasteiger partial charge in [0, 0.05) is 18.9 Å². The summed E-state index contributed by atoms with van der Waals surface area (Å²) in [4.78, 5) is 8.13. The van der Waals surface area contributed by atoms with Gasteiger partial charge in [-0.2, -0.15) is 0 Å². The number of aliphatic imine (C=N–C) groups is 1. The van der Waals surface area contributed by atoms with Gasteiger partial charge in [0.2, 0.25) is 5.96 Å². The lowest BCUT2D eigenvalue weighted by Gasteiger charge is -2.16. The minimum absolute atomic E-state index is 0.148. The van der Waals surface area contributed by atoms with Gasteiger partial charge in [-0.1, -0.05) is 0 Å². The van der Waals surface area contributed by atoms with E-state index in [2.05, 4.69) is 20.7 Å². The first-order chi connectivity index (χ1) is 7.27. The number of aromatic nitrogens is 1. The number of pyridine rings is 1. The van der Waals surface area contributed by atoms with E-state index in [9.17, 15) is 0 Å². The smallest absolute Gasteiger partial charge is 0.206 e. The van der Waals surface area contributed by atoms with Gasteiger partial charge in [0.25, 0.3) is 0 Å². The van der Waals surface area contributed by atoms with Crippen molar-refractivity contribution in [2.45, 2.75) is 19.9 Å². The van der Waals surface area contributed by atoms with E-state index in [0.717, 1.165) is 5.56 Å². The lowest BCUT2D eigenvalue weighted by atomic mass is 10.1. The molecule has 0 amide bonds. The van der Waals surface area contributed by atoms with Gasteiger partial charge in [-0.15, -0.1) is 0 Å². The van der Waals surface area contributed by atoms with Crippen LogP contribution in [0.5, 0.6) is 0 Å². The lowest BCUT2D eigenvalue weighted by Crippen LogP contribution is -2.42. The Kier molecular flexibility index (Phi) is 4.56. The summed E-state index contributed by atoms with van der Waals surface area (Å²) < 4.78 is 0. The van der Waals surface area contributed by atoms with Crippen molar-refractivity contribution in [1.29, 1.82) is 0 Å². The molecule has 0 aromatic carbocycles. The van der Waals surface area contributed by atoms with Crippen molar-refractivity contribution in [3.63, 3.8) is 0 Å². The predicted molar refractivity (Wildman–Crippen MR) is 61.1 cm³/mol. The molecule has 1 rings (SSSR count). The highest BCUT2D eigenvalue weighted by Crippen LogP contribution is 2.09. The van der Waals surface area contributed by atoms with Crippen LogP contribution in [0, 0.1) is 0 Å². The molecular formula is C10H17N5. The van der Waals surface area contributed by atoms with Crippen LogP contribution in [0.3, 0.4) is 0 Å². The maximum atomic E-state index is 5.33. The summed E-state index contributed by atoms with van der Waals surface area (Å²) in [5.41, 5.74) is 3.67. The second kappa shape index (κ2) is 5.98. The van der Waals surface area contributed by atoms with Crippen molar-refractivity contribution < 1.29 is 0 Å². The van der Waals surface area contributed by atoms with Crippen molar-refractivity contribution in [1.82, 2.24) is 15.7 Å². The van der Waals surface area contributed by atoms with Gasteiger partial charge in [-0.25, -0.2) is 5.84 Å². The maximum Gasteiger partial charge on any atom is 0.206 e. The zero-order chi connectivity index (χ0) is 11.1. The number of nitrogens with two attached hydrogens (primary N) is 1. The average Bonchev–Trinajstić information content (AvgIpc) is 2.29. The number of hydrazine groups is 1. The normalized spacial score (nSPS) is 13.4. The summed E-state index contributed by atoms with van der Waals surface area (Å²) in [7, 11) is 0. The molecule has 1 unspecified atom stereocenters. The third-order valence-electron chi connectivity index (χ3n) is 2.01. The summed E-state index contributed by atoms with van der Waals surface area (Å²) in [6, 6.07) is 4.06. The van der Waals surface area contributed by atoms with Crippen LogP contribution in [-0.2, 0) is 0 Å². The minimum atomic E-state index is 0.148. The van der Waals surface area contributed by atoms with Crippen molar-refractivity contribution in [3.8, 4) is 0 Å². The zero-order valence-electron chi connectivity index (χ0n) is 9.07. The van der Waals surface area contributed by atoms with Gasteiger partial charge in [0.1, 0.15) is 0 Å². The quantitative estimate of drug-likeness (QED) is 0.293. The molecule has 0 radical (unpaired) electrons. The van der Waals surface area contributed by atoms with Crippen LogP contribution in [0.4, 0.5) is 0 Å². The summed E-state index contributed by atoms with van der Waals surface area (Å²) in [5.74, 6) is 5.93. The zero-order valence-corrected chi connectivity index (χ0v) is 9.07. The summed E-state index contributed by atoms with van der Waals surface area (Å²) in [6.45, 7) is 4.68. The summed E-state index contributed by atoms with van der Waals surface area (Å²) in [6.07, 6.45) is 3.53. The highest BCUT2D eigenvalue weighted by atomic mass is 15.3. The molecule has 82 valence electrons. The highest BCUT2D eigenvalue weighted by molar-refractivity contribution is 5.79. The van der Waals surface area contributed by atoms with Crippen LogP contribution in [0.2, 0.25) is 0 Å². The molecule has 0 saturated carbocycles. The predicted octanol–water partition coefficient (Wildman–Crippen LogP) is 0.571. The maximum absolute atomic E-state index is 5.33. The number of hydrogen-bond acceptors (Lipinski definition) is 3. The molecule has 5 nitrogen and oxygen atoms in total. The summed E-state index contributed by atoms with van der Waals surface area (Å²) in [5, 5.41) is 3.17. The Bertz CT molecular complexity index is 309. The number of guanidine groups is 1. The van der Waals surface area contributed by atoms with Crippen LogP contribution in [0.25, 0.3) is 0 Å². The van der Waals surface area contributed by atoms with Gasteiger partial charge in [0.15, 0.2) is 0 Å². The fourth-order valence-electron chi connectivity index (χ4n) is 1.23. The van der Waals surface area contributed by atoms with Crippen molar-refractivity contribution >= 4 is 5.96 Å². The molecule has 1 atom stereocenters. The molecule has 0 bridgehead atoms. The van der Waals surface area contributed by atoms with Crippen molar-refractivity contribution in [3.05, 3.63) is 30.1 Å². The van der Waals surface area contributed by atoms with E-state index >= 15 is 0 Å². The number of nitrogens with zero attached hydrogens (tertiary/aromatic N) is 2. The average molecular weight is 207 g/mol. The second-order valence-corrected chi connectivity index (χ2v) is 3.11. The molecule has 4 N–H and O–H groups in total. The summed E-state index contributed by atoms with van der Waals surface area (Å²) >= 11 is 0. The first-order valence-electron chi connectivity index (χ1n) is 4.95. The first-order valence-corrected chi connectivity index (χ1v) is 4.95. The second-order valence-electron chi connectivity index (χ2n) is 3.11. The van der Waals surface area contributed by atoms with Gasteiger partial charge < -0.3 is 5.32 Å². The molecule has 0 saturated heterocycles. The Hall–Kier alpha value is -1.62. The fraction of sp³-hybridized carbons (Fsp3) is 0.400. The number of nitrogens with one attached hydrogen (secondary N) is 2. The van der Waals surface area contributed by atoms with E-state index in [1.165, 1.54) is 0 Å². The molecule has 0 aliphatic heterocycles. The Labute approximate surface area is 89.8 Å². The first kappa shape index (κ1) is 11.5. The minimum Gasteiger partial charge on any atom is -0.349 e. The standard InChI is InChI=1S/C10H17N5/c1-3-13-10(15-11)14-8(2)9-4-6-12-7-5-9/h4-8H,3,11H2,1-2H3,(H2,13,14,15). The molecule has 1 heterocycles. The highest BCUT2D eigenvalue weighted by Gasteiger charge is 2.05. The molecule has 15 heavy (non-hydrogen) atoms. The van der Waals surface area contributed by atoms with E-state index in [1.807, 2.05) is 26.0 Å². The monoisotopic (exact) mass is 207 g/mol. The van der Waals surface area contributed by atoms with Crippen molar-refractivity contribution in [2.75, 3.05) is 6.54 Å². The van der Waals surface area contributed by atoms with E-state index < -0.39 is 0 Å². The van der Waals surface area contributed by atoms with E-state index in [-0.39, 0.29) is 6.04 Å². The Morgan fingerprint density at radius 2 is 2.20 bits per heavy atom. The van der Waals surface area contributed by atoms with Crippen molar-refractivity contribution in [2.24, 2.45) is 10.8 Å². The molecule has 1 aromatic heterocycles. The molecule has 5 heteroatoms. The Morgan fingerprint density at radius 3 is 2.73 bits per heavy atom. The molecular weight excluding hydrogens is 190 g/mol. The van der Waals surface area contributed by atoms with Crippen LogP contribution in [0.1, 0.15) is 25.5 Å². The van der Waals surface area contributed by atoms with Gasteiger partial charge in [0.05, 0.1) is 6.04 Å². The van der Waals surface area contributed by atoms with Crippen LogP contribution in [0.15, 0.2) is 29.5 Å². The van der Waals surface area contributed by atoms with Gasteiger partial charge in [-0.05, 0) is 31.5 Å². The molecule has 1 aromatic rings. The Balaban J connectivity index is 2.62. The SMILES string of the molecule is CCN=C(NN)NC(C)c1ccncc1. The molecule has 0 aliphatic carbocycles. The van der Waals surface area contributed by atoms with Gasteiger partial charge >= 0.3 is 0 Å². The molecule has 0 aliphatic rings.